The summed E-state index contributed by atoms with van der Waals surface area (Å²) in [4.78, 5) is 12.2. The molecule has 3 aromatic rings. The van der Waals surface area contributed by atoms with Crippen molar-refractivity contribution < 1.29 is 9.21 Å². The summed E-state index contributed by atoms with van der Waals surface area (Å²) in [7, 11) is 0. The fraction of sp³-hybridized carbons (Fsp3) is 0.158. The zero-order valence-corrected chi connectivity index (χ0v) is 13.0. The number of furan rings is 1. The molecule has 3 rings (SSSR count). The summed E-state index contributed by atoms with van der Waals surface area (Å²) in [5.41, 5.74) is 5.08. The van der Waals surface area contributed by atoms with Crippen molar-refractivity contribution in [2.75, 3.05) is 5.32 Å². The highest BCUT2D eigenvalue weighted by molar-refractivity contribution is 5.96. The zero-order valence-electron chi connectivity index (χ0n) is 13.0. The third-order valence-electron chi connectivity index (χ3n) is 3.97. The van der Waals surface area contributed by atoms with Crippen LogP contribution in [0.5, 0.6) is 0 Å². The van der Waals surface area contributed by atoms with Gasteiger partial charge in [-0.15, -0.1) is 0 Å². The predicted molar refractivity (Wildman–Crippen MR) is 89.2 cm³/mol. The molecule has 0 aliphatic heterocycles. The summed E-state index contributed by atoms with van der Waals surface area (Å²) >= 11 is 0. The molecule has 4 heteroatoms. The van der Waals surface area contributed by atoms with Crippen LogP contribution >= 0.6 is 0 Å². The molecule has 2 aromatic carbocycles. The van der Waals surface area contributed by atoms with Crippen LogP contribution in [0.25, 0.3) is 11.0 Å². The first-order valence-electron chi connectivity index (χ1n) is 7.35. The minimum atomic E-state index is -0.138. The van der Waals surface area contributed by atoms with Crippen molar-refractivity contribution in [1.29, 1.82) is 5.26 Å². The minimum absolute atomic E-state index is 0.138. The van der Waals surface area contributed by atoms with Crippen molar-refractivity contribution in [3.63, 3.8) is 0 Å². The molecular weight excluding hydrogens is 288 g/mol. The molecule has 0 aliphatic rings. The Morgan fingerprint density at radius 1 is 1.26 bits per heavy atom. The molecule has 0 aliphatic carbocycles. The Labute approximate surface area is 134 Å². The number of rotatable bonds is 3. The summed E-state index contributed by atoms with van der Waals surface area (Å²) in [5.74, 6) is -0.138. The highest BCUT2D eigenvalue weighted by atomic mass is 16.3. The summed E-state index contributed by atoms with van der Waals surface area (Å²) < 4.78 is 5.63. The van der Waals surface area contributed by atoms with E-state index in [0.717, 1.165) is 27.7 Å². The van der Waals surface area contributed by atoms with E-state index in [2.05, 4.69) is 11.4 Å². The van der Waals surface area contributed by atoms with E-state index >= 15 is 0 Å². The largest absolute Gasteiger partial charge is 0.464 e. The van der Waals surface area contributed by atoms with Crippen LogP contribution in [-0.2, 0) is 11.2 Å². The lowest BCUT2D eigenvalue weighted by Gasteiger charge is -2.05. The number of benzene rings is 2. The lowest BCUT2D eigenvalue weighted by molar-refractivity contribution is -0.115. The van der Waals surface area contributed by atoms with Crippen molar-refractivity contribution in [2.24, 2.45) is 0 Å². The summed E-state index contributed by atoms with van der Waals surface area (Å²) in [5, 5.41) is 12.7. The molecule has 0 bridgehead atoms. The summed E-state index contributed by atoms with van der Waals surface area (Å²) in [6.45, 7) is 4.05. The summed E-state index contributed by atoms with van der Waals surface area (Å²) in [6.07, 6.45) is 1.87. The van der Waals surface area contributed by atoms with E-state index in [-0.39, 0.29) is 12.3 Å². The van der Waals surface area contributed by atoms with Crippen LogP contribution in [0.1, 0.15) is 22.3 Å². The molecule has 114 valence electrons. The standard InChI is InChI=1S/C19H16N2O2/c1-12-6-7-17-15(11-23-19(17)13(12)2)9-18(22)21-16-5-3-4-14(8-16)10-20/h3-8,11H,9H2,1-2H3,(H,21,22). The van der Waals surface area contributed by atoms with Gasteiger partial charge >= 0.3 is 0 Å². The van der Waals surface area contributed by atoms with Crippen molar-refractivity contribution >= 4 is 22.6 Å². The Morgan fingerprint density at radius 2 is 2.09 bits per heavy atom. The number of hydrogen-bond acceptors (Lipinski definition) is 3. The van der Waals surface area contributed by atoms with E-state index < -0.39 is 0 Å². The van der Waals surface area contributed by atoms with Gasteiger partial charge in [0.2, 0.25) is 5.91 Å². The van der Waals surface area contributed by atoms with Gasteiger partial charge in [0.1, 0.15) is 5.58 Å². The van der Waals surface area contributed by atoms with Crippen molar-refractivity contribution in [3.05, 3.63) is 64.9 Å². The molecule has 0 spiro atoms. The highest BCUT2D eigenvalue weighted by Gasteiger charge is 2.13. The molecule has 1 N–H and O–H groups in total. The van der Waals surface area contributed by atoms with E-state index in [4.69, 9.17) is 9.68 Å². The fourth-order valence-electron chi connectivity index (χ4n) is 2.57. The predicted octanol–water partition coefficient (Wildman–Crippen LogP) is 4.10. The van der Waals surface area contributed by atoms with Gasteiger partial charge < -0.3 is 9.73 Å². The van der Waals surface area contributed by atoms with Crippen LogP contribution in [0.15, 0.2) is 47.1 Å². The Hall–Kier alpha value is -3.06. The first-order chi connectivity index (χ1) is 11.1. The van der Waals surface area contributed by atoms with Gasteiger partial charge in [0.25, 0.3) is 0 Å². The van der Waals surface area contributed by atoms with Crippen molar-refractivity contribution in [2.45, 2.75) is 20.3 Å². The first kappa shape index (κ1) is 14.9. The number of nitrogens with one attached hydrogen (secondary N) is 1. The van der Waals surface area contributed by atoms with Gasteiger partial charge in [0, 0.05) is 16.6 Å². The maximum Gasteiger partial charge on any atom is 0.228 e. The number of nitrogens with zero attached hydrogens (tertiary/aromatic N) is 1. The van der Waals surface area contributed by atoms with Gasteiger partial charge in [0.15, 0.2) is 0 Å². The molecular formula is C19H16N2O2. The normalized spacial score (nSPS) is 10.5. The number of fused-ring (bicyclic) bond motifs is 1. The second kappa shape index (κ2) is 5.98. The van der Waals surface area contributed by atoms with Gasteiger partial charge in [-0.1, -0.05) is 18.2 Å². The maximum atomic E-state index is 12.2. The molecule has 23 heavy (non-hydrogen) atoms. The molecule has 0 atom stereocenters. The molecule has 4 nitrogen and oxygen atoms in total. The Morgan fingerprint density at radius 3 is 2.87 bits per heavy atom. The third-order valence-corrected chi connectivity index (χ3v) is 3.97. The number of amides is 1. The molecule has 0 saturated heterocycles. The molecule has 0 radical (unpaired) electrons. The van der Waals surface area contributed by atoms with Gasteiger partial charge in [-0.2, -0.15) is 5.26 Å². The smallest absolute Gasteiger partial charge is 0.228 e. The van der Waals surface area contributed by atoms with Crippen LogP contribution in [0, 0.1) is 25.2 Å². The Balaban J connectivity index is 1.81. The fourth-order valence-corrected chi connectivity index (χ4v) is 2.57. The lowest BCUT2D eigenvalue weighted by atomic mass is 10.0. The van der Waals surface area contributed by atoms with Gasteiger partial charge in [-0.3, -0.25) is 4.79 Å². The number of hydrogen-bond donors (Lipinski definition) is 1. The summed E-state index contributed by atoms with van der Waals surface area (Å²) in [6, 6.07) is 12.9. The lowest BCUT2D eigenvalue weighted by Crippen LogP contribution is -2.14. The molecule has 0 fully saturated rings. The van der Waals surface area contributed by atoms with E-state index in [9.17, 15) is 4.79 Å². The van der Waals surface area contributed by atoms with Crippen LogP contribution in [-0.4, -0.2) is 5.91 Å². The van der Waals surface area contributed by atoms with Crippen LogP contribution in [0.3, 0.4) is 0 Å². The number of aryl methyl sites for hydroxylation is 2. The van der Waals surface area contributed by atoms with Gasteiger partial charge in [0.05, 0.1) is 24.3 Å². The highest BCUT2D eigenvalue weighted by Crippen LogP contribution is 2.27. The maximum absolute atomic E-state index is 12.2. The monoisotopic (exact) mass is 304 g/mol. The second-order valence-electron chi connectivity index (χ2n) is 5.56. The zero-order chi connectivity index (χ0) is 16.4. The Bertz CT molecular complexity index is 932. The van der Waals surface area contributed by atoms with Crippen LogP contribution in [0.4, 0.5) is 5.69 Å². The number of nitriles is 1. The first-order valence-corrected chi connectivity index (χ1v) is 7.35. The SMILES string of the molecule is Cc1ccc2c(CC(=O)Nc3cccc(C#N)c3)coc2c1C. The van der Waals surface area contributed by atoms with Crippen LogP contribution < -0.4 is 5.32 Å². The van der Waals surface area contributed by atoms with Gasteiger partial charge in [-0.05, 0) is 43.2 Å². The van der Waals surface area contributed by atoms with Crippen molar-refractivity contribution in [3.8, 4) is 6.07 Å². The number of carbonyl (C=O) groups is 1. The van der Waals surface area contributed by atoms with Gasteiger partial charge in [-0.25, -0.2) is 0 Å². The molecule has 1 aromatic heterocycles. The minimum Gasteiger partial charge on any atom is -0.464 e. The molecule has 1 heterocycles. The van der Waals surface area contributed by atoms with E-state index in [0.29, 0.717) is 11.3 Å². The van der Waals surface area contributed by atoms with Crippen molar-refractivity contribution in [1.82, 2.24) is 0 Å². The van der Waals surface area contributed by atoms with Crippen LogP contribution in [0.2, 0.25) is 0 Å². The molecule has 1 amide bonds. The Kier molecular flexibility index (Phi) is 3.86. The average molecular weight is 304 g/mol. The van der Waals surface area contributed by atoms with E-state index in [1.807, 2.05) is 26.0 Å². The number of anilines is 1. The average Bonchev–Trinajstić information content (AvgIpc) is 2.94. The molecule has 0 saturated carbocycles. The quantitative estimate of drug-likeness (QED) is 0.792. The van der Waals surface area contributed by atoms with E-state index in [1.165, 1.54) is 0 Å². The topological polar surface area (TPSA) is 66.0 Å². The van der Waals surface area contributed by atoms with E-state index in [1.54, 1.807) is 30.5 Å². The third kappa shape index (κ3) is 2.95. The molecule has 0 unspecified atom stereocenters. The number of carbonyl (C=O) groups excluding carboxylic acids is 1. The second-order valence-corrected chi connectivity index (χ2v) is 5.56.